The van der Waals surface area contributed by atoms with Crippen LogP contribution in [-0.4, -0.2) is 17.6 Å². The molecule has 0 aliphatic heterocycles. The third-order valence-corrected chi connectivity index (χ3v) is 3.45. The van der Waals surface area contributed by atoms with Gasteiger partial charge >= 0.3 is 0 Å². The number of amidine groups is 1. The Morgan fingerprint density at radius 2 is 1.95 bits per heavy atom. The molecule has 3 N–H and O–H groups in total. The summed E-state index contributed by atoms with van der Waals surface area (Å²) in [6.45, 7) is 3.97. The summed E-state index contributed by atoms with van der Waals surface area (Å²) in [7, 11) is 0. The highest BCUT2D eigenvalue weighted by atomic mass is 35.5. The molecular weight excluding hydrogens is 298 g/mol. The van der Waals surface area contributed by atoms with E-state index in [1.54, 1.807) is 24.3 Å². The van der Waals surface area contributed by atoms with Crippen LogP contribution in [0.4, 0.5) is 11.4 Å². The van der Waals surface area contributed by atoms with Crippen molar-refractivity contribution in [3.05, 3.63) is 59.2 Å². The lowest BCUT2D eigenvalue weighted by Crippen LogP contribution is -2.15. The van der Waals surface area contributed by atoms with Gasteiger partial charge in [-0.3, -0.25) is 4.79 Å². The smallest absolute Gasteiger partial charge is 0.257 e. The van der Waals surface area contributed by atoms with Crippen LogP contribution in [0.1, 0.15) is 21.5 Å². The molecule has 4 nitrogen and oxygen atoms in total. The van der Waals surface area contributed by atoms with Gasteiger partial charge in [0.05, 0.1) is 17.1 Å². The molecule has 0 bridgehead atoms. The minimum absolute atomic E-state index is 0.118. The van der Waals surface area contributed by atoms with Crippen molar-refractivity contribution in [2.45, 2.75) is 13.8 Å². The summed E-state index contributed by atoms with van der Waals surface area (Å²) in [6, 6.07) is 12.9. The number of carbonyl (C=O) groups is 1. The van der Waals surface area contributed by atoms with Gasteiger partial charge in [0.2, 0.25) is 0 Å². The van der Waals surface area contributed by atoms with E-state index in [9.17, 15) is 4.79 Å². The van der Waals surface area contributed by atoms with E-state index in [-0.39, 0.29) is 17.6 Å². The molecule has 0 heterocycles. The standard InChI is InChI=1S/C17H18ClN3O/c1-11-7-8-14(12(2)9-11)21-17(22)13-5-3-4-6-15(13)20-16(19)10-18/h3-9H,10H2,1-2H3,(H2,19,20)(H,21,22). The predicted molar refractivity (Wildman–Crippen MR) is 92.3 cm³/mol. The van der Waals surface area contributed by atoms with Crippen molar-refractivity contribution >= 4 is 34.7 Å². The molecule has 0 aliphatic rings. The van der Waals surface area contributed by atoms with Crippen LogP contribution in [0, 0.1) is 13.8 Å². The maximum absolute atomic E-state index is 12.5. The lowest BCUT2D eigenvalue weighted by Gasteiger charge is -2.10. The first-order valence-electron chi connectivity index (χ1n) is 6.88. The fraction of sp³-hybridized carbons (Fsp3) is 0.176. The zero-order chi connectivity index (χ0) is 16.1. The van der Waals surface area contributed by atoms with Crippen molar-refractivity contribution in [1.82, 2.24) is 0 Å². The molecule has 0 fully saturated rings. The van der Waals surface area contributed by atoms with Gasteiger partial charge in [0.25, 0.3) is 5.91 Å². The third kappa shape index (κ3) is 3.86. The average molecular weight is 316 g/mol. The van der Waals surface area contributed by atoms with Crippen molar-refractivity contribution in [3.8, 4) is 0 Å². The molecule has 0 atom stereocenters. The molecule has 0 aromatic heterocycles. The van der Waals surface area contributed by atoms with Gasteiger partial charge in [-0.05, 0) is 37.6 Å². The second-order valence-corrected chi connectivity index (χ2v) is 5.29. The first-order valence-corrected chi connectivity index (χ1v) is 7.41. The van der Waals surface area contributed by atoms with E-state index >= 15 is 0 Å². The predicted octanol–water partition coefficient (Wildman–Crippen LogP) is 3.78. The third-order valence-electron chi connectivity index (χ3n) is 3.18. The Morgan fingerprint density at radius 1 is 1.23 bits per heavy atom. The minimum atomic E-state index is -0.228. The maximum atomic E-state index is 12.5. The number of para-hydroxylation sites is 1. The summed E-state index contributed by atoms with van der Waals surface area (Å²) in [5.41, 5.74) is 9.55. The number of carbonyl (C=O) groups excluding carboxylic acids is 1. The highest BCUT2D eigenvalue weighted by molar-refractivity contribution is 6.28. The maximum Gasteiger partial charge on any atom is 0.257 e. The van der Waals surface area contributed by atoms with Crippen molar-refractivity contribution in [2.75, 3.05) is 11.2 Å². The fourth-order valence-electron chi connectivity index (χ4n) is 2.09. The van der Waals surface area contributed by atoms with Crippen LogP contribution in [-0.2, 0) is 0 Å². The van der Waals surface area contributed by atoms with Crippen LogP contribution < -0.4 is 11.1 Å². The average Bonchev–Trinajstić information content (AvgIpc) is 2.50. The first-order chi connectivity index (χ1) is 10.5. The number of nitrogens with two attached hydrogens (primary N) is 1. The largest absolute Gasteiger partial charge is 0.386 e. The Balaban J connectivity index is 2.30. The molecule has 114 valence electrons. The van der Waals surface area contributed by atoms with E-state index < -0.39 is 0 Å². The molecule has 22 heavy (non-hydrogen) atoms. The number of anilines is 1. The second-order valence-electron chi connectivity index (χ2n) is 5.03. The van der Waals surface area contributed by atoms with Crippen molar-refractivity contribution < 1.29 is 4.79 Å². The van der Waals surface area contributed by atoms with Crippen LogP contribution in [0.2, 0.25) is 0 Å². The number of rotatable bonds is 4. The van der Waals surface area contributed by atoms with E-state index in [0.717, 1.165) is 16.8 Å². The molecular formula is C17H18ClN3O. The van der Waals surface area contributed by atoms with E-state index in [4.69, 9.17) is 17.3 Å². The van der Waals surface area contributed by atoms with Gasteiger partial charge < -0.3 is 11.1 Å². The Labute approximate surface area is 135 Å². The lowest BCUT2D eigenvalue weighted by atomic mass is 10.1. The van der Waals surface area contributed by atoms with Crippen molar-refractivity contribution in [2.24, 2.45) is 10.7 Å². The van der Waals surface area contributed by atoms with Crippen molar-refractivity contribution in [1.29, 1.82) is 0 Å². The second kappa shape index (κ2) is 7.09. The molecule has 2 aromatic rings. The Morgan fingerprint density at radius 3 is 2.64 bits per heavy atom. The normalized spacial score (nSPS) is 11.3. The summed E-state index contributed by atoms with van der Waals surface area (Å²) in [6.07, 6.45) is 0. The number of aliphatic imine (C=N–C) groups is 1. The van der Waals surface area contributed by atoms with Crippen LogP contribution in [0.3, 0.4) is 0 Å². The summed E-state index contributed by atoms with van der Waals surface area (Å²) in [5, 5.41) is 2.90. The molecule has 0 saturated carbocycles. The quantitative estimate of drug-likeness (QED) is 0.512. The van der Waals surface area contributed by atoms with Crippen LogP contribution >= 0.6 is 11.6 Å². The van der Waals surface area contributed by atoms with Crippen LogP contribution in [0.15, 0.2) is 47.5 Å². The van der Waals surface area contributed by atoms with Gasteiger partial charge in [-0.25, -0.2) is 4.99 Å². The highest BCUT2D eigenvalue weighted by Gasteiger charge is 2.12. The number of benzene rings is 2. The zero-order valence-electron chi connectivity index (χ0n) is 12.6. The molecule has 0 radical (unpaired) electrons. The molecule has 0 unspecified atom stereocenters. The lowest BCUT2D eigenvalue weighted by molar-refractivity contribution is 0.102. The van der Waals surface area contributed by atoms with E-state index in [2.05, 4.69) is 10.3 Å². The summed E-state index contributed by atoms with van der Waals surface area (Å²) < 4.78 is 0. The minimum Gasteiger partial charge on any atom is -0.386 e. The number of hydrogen-bond acceptors (Lipinski definition) is 2. The Hall–Kier alpha value is -2.33. The fourth-order valence-corrected chi connectivity index (χ4v) is 2.15. The van der Waals surface area contributed by atoms with Gasteiger partial charge in [0, 0.05) is 5.69 Å². The zero-order valence-corrected chi connectivity index (χ0v) is 13.3. The van der Waals surface area contributed by atoms with E-state index in [0.29, 0.717) is 11.3 Å². The number of hydrogen-bond donors (Lipinski definition) is 2. The SMILES string of the molecule is Cc1ccc(NC(=O)c2ccccc2N=C(N)CCl)c(C)c1. The van der Waals surface area contributed by atoms with Gasteiger partial charge in [0.1, 0.15) is 5.84 Å². The van der Waals surface area contributed by atoms with Gasteiger partial charge in [-0.1, -0.05) is 29.8 Å². The van der Waals surface area contributed by atoms with Gasteiger partial charge in [0.15, 0.2) is 0 Å². The van der Waals surface area contributed by atoms with Crippen molar-refractivity contribution in [3.63, 3.8) is 0 Å². The van der Waals surface area contributed by atoms with E-state index in [1.807, 2.05) is 32.0 Å². The summed E-state index contributed by atoms with van der Waals surface area (Å²) in [5.74, 6) is 0.162. The molecule has 1 amide bonds. The number of aryl methyl sites for hydroxylation is 2. The molecule has 2 rings (SSSR count). The number of nitrogens with zero attached hydrogens (tertiary/aromatic N) is 1. The summed E-state index contributed by atoms with van der Waals surface area (Å²) >= 11 is 5.64. The molecule has 0 aliphatic carbocycles. The molecule has 5 heteroatoms. The van der Waals surface area contributed by atoms with E-state index in [1.165, 1.54) is 0 Å². The number of nitrogens with one attached hydrogen (secondary N) is 1. The molecule has 0 saturated heterocycles. The molecule has 0 spiro atoms. The summed E-state index contributed by atoms with van der Waals surface area (Å²) in [4.78, 5) is 16.7. The number of alkyl halides is 1. The Kier molecular flexibility index (Phi) is 5.17. The topological polar surface area (TPSA) is 67.5 Å². The highest BCUT2D eigenvalue weighted by Crippen LogP contribution is 2.22. The Bertz CT molecular complexity index is 726. The molecule has 2 aromatic carbocycles. The van der Waals surface area contributed by atoms with Crippen LogP contribution in [0.25, 0.3) is 0 Å². The number of halogens is 1. The van der Waals surface area contributed by atoms with Gasteiger partial charge in [-0.2, -0.15) is 0 Å². The number of amides is 1. The monoisotopic (exact) mass is 315 g/mol. The first kappa shape index (κ1) is 16.0. The van der Waals surface area contributed by atoms with Crippen LogP contribution in [0.5, 0.6) is 0 Å². The van der Waals surface area contributed by atoms with Gasteiger partial charge in [-0.15, -0.1) is 11.6 Å².